The highest BCUT2D eigenvalue weighted by Gasteiger charge is 2.31. The number of rotatable bonds is 2. The van der Waals surface area contributed by atoms with Gasteiger partial charge >= 0.3 is 12.1 Å². The number of nitrogens with two attached hydrogens (primary N) is 1. The zero-order valence-electron chi connectivity index (χ0n) is 13.2. The summed E-state index contributed by atoms with van der Waals surface area (Å²) in [5.41, 5.74) is 4.92. The number of hydrogen-bond donors (Lipinski definition) is 1. The van der Waals surface area contributed by atoms with Gasteiger partial charge in [0, 0.05) is 52.4 Å². The van der Waals surface area contributed by atoms with Crippen molar-refractivity contribution in [3.05, 3.63) is 0 Å². The van der Waals surface area contributed by atoms with E-state index in [9.17, 15) is 9.59 Å². The van der Waals surface area contributed by atoms with Gasteiger partial charge in [0.1, 0.15) is 0 Å². The maximum Gasteiger partial charge on any atom is 0.392 e. The van der Waals surface area contributed by atoms with E-state index < -0.39 is 12.1 Å². The van der Waals surface area contributed by atoms with Crippen LogP contribution in [0.15, 0.2) is 10.2 Å². The highest BCUT2D eigenvalue weighted by Crippen LogP contribution is 2.13. The summed E-state index contributed by atoms with van der Waals surface area (Å²) in [6, 6.07) is -1.54. The first-order valence-corrected chi connectivity index (χ1v) is 7.39. The number of likely N-dealkylation sites (N-methyl/N-ethyl adjacent to an activating group) is 2. The van der Waals surface area contributed by atoms with Crippen molar-refractivity contribution in [1.29, 1.82) is 0 Å². The molecule has 2 heterocycles. The third kappa shape index (κ3) is 4.44. The van der Waals surface area contributed by atoms with E-state index in [4.69, 9.17) is 5.73 Å². The van der Waals surface area contributed by atoms with Crippen LogP contribution in [0.25, 0.3) is 0 Å². The van der Waals surface area contributed by atoms with E-state index in [1.165, 1.54) is 5.12 Å². The minimum atomic E-state index is -0.968. The second-order valence-electron chi connectivity index (χ2n) is 5.62. The van der Waals surface area contributed by atoms with E-state index in [1.807, 2.05) is 24.1 Å². The van der Waals surface area contributed by atoms with Gasteiger partial charge in [-0.25, -0.2) is 9.59 Å². The van der Waals surface area contributed by atoms with Crippen LogP contribution in [-0.4, -0.2) is 103 Å². The Bertz CT molecular complexity index is 405. The van der Waals surface area contributed by atoms with Gasteiger partial charge in [0.25, 0.3) is 0 Å². The van der Waals surface area contributed by atoms with Gasteiger partial charge in [-0.15, -0.1) is 0 Å². The molecule has 22 heavy (non-hydrogen) atoms. The van der Waals surface area contributed by atoms with Gasteiger partial charge in [0.05, 0.1) is 0 Å². The molecule has 0 aromatic carbocycles. The van der Waals surface area contributed by atoms with Gasteiger partial charge in [-0.3, -0.25) is 0 Å². The highest BCUT2D eigenvalue weighted by molar-refractivity contribution is 5.78. The maximum absolute atomic E-state index is 12.4. The van der Waals surface area contributed by atoms with Crippen LogP contribution in [0.4, 0.5) is 9.59 Å². The van der Waals surface area contributed by atoms with Crippen molar-refractivity contribution >= 4 is 12.1 Å². The van der Waals surface area contributed by atoms with E-state index in [1.54, 1.807) is 0 Å². The summed E-state index contributed by atoms with van der Waals surface area (Å²) in [5.74, 6) is 0. The van der Waals surface area contributed by atoms with Gasteiger partial charge in [-0.05, 0) is 14.1 Å². The molecule has 2 aliphatic rings. The summed E-state index contributed by atoms with van der Waals surface area (Å²) in [5, 5.41) is 12.0. The summed E-state index contributed by atoms with van der Waals surface area (Å²) < 4.78 is 0. The molecule has 2 rings (SSSR count). The minimum Gasteiger partial charge on any atom is -0.348 e. The predicted molar refractivity (Wildman–Crippen MR) is 79.8 cm³/mol. The fraction of sp³-hybridized carbons (Fsp3) is 0.833. The number of amides is 4. The van der Waals surface area contributed by atoms with Crippen LogP contribution < -0.4 is 5.73 Å². The summed E-state index contributed by atoms with van der Waals surface area (Å²) in [4.78, 5) is 27.5. The lowest BCUT2D eigenvalue weighted by molar-refractivity contribution is -0.163. The molecule has 0 atom stereocenters. The number of azo groups is 1. The average molecular weight is 312 g/mol. The molecular formula is C12H24N8O2. The number of piperazine rings is 2. The van der Waals surface area contributed by atoms with Crippen LogP contribution in [0.3, 0.4) is 0 Å². The van der Waals surface area contributed by atoms with Crippen molar-refractivity contribution in [3.63, 3.8) is 0 Å². The molecule has 0 unspecified atom stereocenters. The molecule has 10 nitrogen and oxygen atoms in total. The molecule has 0 bridgehead atoms. The van der Waals surface area contributed by atoms with Crippen LogP contribution in [-0.2, 0) is 0 Å². The monoisotopic (exact) mass is 312 g/mol. The van der Waals surface area contributed by atoms with Crippen molar-refractivity contribution in [3.8, 4) is 0 Å². The Morgan fingerprint density at radius 1 is 0.818 bits per heavy atom. The molecule has 4 amide bonds. The topological polar surface area (TPSA) is 101 Å². The first kappa shape index (κ1) is 16.7. The summed E-state index contributed by atoms with van der Waals surface area (Å²) >= 11 is 0. The molecule has 0 saturated carbocycles. The zero-order chi connectivity index (χ0) is 16.1. The fourth-order valence-corrected chi connectivity index (χ4v) is 2.52. The third-order valence-corrected chi connectivity index (χ3v) is 3.90. The Kier molecular flexibility index (Phi) is 5.77. The van der Waals surface area contributed by atoms with E-state index in [-0.39, 0.29) is 0 Å². The van der Waals surface area contributed by atoms with Crippen LogP contribution in [0.2, 0.25) is 0 Å². The van der Waals surface area contributed by atoms with Crippen LogP contribution >= 0.6 is 0 Å². The van der Waals surface area contributed by atoms with Crippen LogP contribution in [0.1, 0.15) is 0 Å². The lowest BCUT2D eigenvalue weighted by Gasteiger charge is -2.46. The Morgan fingerprint density at radius 2 is 1.23 bits per heavy atom. The smallest absolute Gasteiger partial charge is 0.348 e. The van der Waals surface area contributed by atoms with Gasteiger partial charge in [-0.2, -0.15) is 15.1 Å². The van der Waals surface area contributed by atoms with Gasteiger partial charge in [-0.1, -0.05) is 10.2 Å². The third-order valence-electron chi connectivity index (χ3n) is 3.90. The molecule has 0 radical (unpaired) electrons. The molecule has 2 saturated heterocycles. The largest absolute Gasteiger partial charge is 0.392 e. The zero-order valence-corrected chi connectivity index (χ0v) is 13.2. The molecule has 0 aliphatic carbocycles. The van der Waals surface area contributed by atoms with Gasteiger partial charge < -0.3 is 15.5 Å². The second-order valence-corrected chi connectivity index (χ2v) is 5.62. The molecule has 2 fully saturated rings. The number of primary amides is 1. The number of hydrogen-bond acceptors (Lipinski definition) is 6. The Labute approximate surface area is 130 Å². The van der Waals surface area contributed by atoms with Crippen molar-refractivity contribution in [2.45, 2.75) is 0 Å². The molecule has 0 aromatic heterocycles. The quantitative estimate of drug-likeness (QED) is 0.674. The van der Waals surface area contributed by atoms with E-state index in [0.29, 0.717) is 0 Å². The summed E-state index contributed by atoms with van der Waals surface area (Å²) in [6.45, 7) is 6.35. The first-order valence-electron chi connectivity index (χ1n) is 7.39. The lowest BCUT2D eigenvalue weighted by Crippen LogP contribution is -2.63. The van der Waals surface area contributed by atoms with Crippen molar-refractivity contribution in [2.24, 2.45) is 16.0 Å². The highest BCUT2D eigenvalue weighted by atomic mass is 16.2. The van der Waals surface area contributed by atoms with E-state index in [0.717, 1.165) is 52.4 Å². The number of carbonyl (C=O) groups is 2. The summed E-state index contributed by atoms with van der Waals surface area (Å²) in [7, 11) is 4.10. The Hall–Kier alpha value is -1.62. The molecular weight excluding hydrogens is 288 g/mol. The van der Waals surface area contributed by atoms with Crippen molar-refractivity contribution in [1.82, 2.24) is 24.9 Å². The van der Waals surface area contributed by atoms with Gasteiger partial charge in [0.15, 0.2) is 0 Å². The van der Waals surface area contributed by atoms with Crippen LogP contribution in [0, 0.1) is 0 Å². The molecule has 0 aromatic rings. The summed E-state index contributed by atoms with van der Waals surface area (Å²) in [6.07, 6.45) is 0. The van der Waals surface area contributed by atoms with Crippen LogP contribution in [0.5, 0.6) is 0 Å². The minimum absolute atomic E-state index is 0.576. The van der Waals surface area contributed by atoms with E-state index >= 15 is 0 Å². The maximum atomic E-state index is 12.4. The lowest BCUT2D eigenvalue weighted by atomic mass is 10.3. The second kappa shape index (κ2) is 7.58. The number of carbonyl (C=O) groups excluding carboxylic acids is 2. The molecule has 10 heteroatoms. The number of nitrogens with zero attached hydrogens (tertiary/aromatic N) is 7. The van der Waals surface area contributed by atoms with Gasteiger partial charge in [0.2, 0.25) is 0 Å². The number of hydrazine groups is 2. The predicted octanol–water partition coefficient (Wildman–Crippen LogP) is -0.736. The first-order chi connectivity index (χ1) is 10.5. The standard InChI is InChI=1S/C12H24N8O2/c1-16-3-7-18(8-4-16)20(12(22)15-14-11(13)21)19-9-5-17(2)6-10-19/h3-10H2,1-2H3,(H2,13,21). The average Bonchev–Trinajstić information content (AvgIpc) is 2.49. The number of urea groups is 2. The van der Waals surface area contributed by atoms with Crippen molar-refractivity contribution < 1.29 is 9.59 Å². The Balaban J connectivity index is 2.09. The molecule has 0 spiro atoms. The van der Waals surface area contributed by atoms with E-state index in [2.05, 4.69) is 20.0 Å². The molecule has 2 aliphatic heterocycles. The molecule has 124 valence electrons. The normalized spacial score (nSPS) is 23.0. The Morgan fingerprint density at radius 3 is 1.59 bits per heavy atom. The SMILES string of the molecule is CN1CCN(N(C(=O)N=NC(N)=O)N2CCN(C)CC2)CC1. The van der Waals surface area contributed by atoms with Crippen molar-refractivity contribution in [2.75, 3.05) is 66.5 Å². The molecule has 2 N–H and O–H groups in total. The fourth-order valence-electron chi connectivity index (χ4n) is 2.52.